The third kappa shape index (κ3) is 5.69. The molecule has 0 saturated carbocycles. The Balaban J connectivity index is 0.00000441. The molecule has 7 nitrogen and oxygen atoms in total. The predicted octanol–water partition coefficient (Wildman–Crippen LogP) is 1.31. The summed E-state index contributed by atoms with van der Waals surface area (Å²) < 4.78 is 71.9. The van der Waals surface area contributed by atoms with Crippen LogP contribution in [0, 0.1) is 0 Å². The standard InChI is InChI=1S/C8H3ClF6N4O2.H2O/c9-2-1-3(17-4(20)7(10,11)12)18-6(16-2)19-5(21)8(13,14)15;/h1H,(H2,16,17,18,19,20,21);1H2. The van der Waals surface area contributed by atoms with Crippen molar-refractivity contribution in [1.82, 2.24) is 9.97 Å². The van der Waals surface area contributed by atoms with Gasteiger partial charge < -0.3 is 10.8 Å². The van der Waals surface area contributed by atoms with E-state index >= 15 is 0 Å². The van der Waals surface area contributed by atoms with Gasteiger partial charge >= 0.3 is 24.2 Å². The lowest BCUT2D eigenvalue weighted by Gasteiger charge is -2.10. The highest BCUT2D eigenvalue weighted by Gasteiger charge is 2.40. The largest absolute Gasteiger partial charge is 0.471 e. The summed E-state index contributed by atoms with van der Waals surface area (Å²) in [5, 5.41) is 1.82. The summed E-state index contributed by atoms with van der Waals surface area (Å²) in [4.78, 5) is 27.5. The Morgan fingerprint density at radius 2 is 1.41 bits per heavy atom. The van der Waals surface area contributed by atoms with Gasteiger partial charge in [0.15, 0.2) is 0 Å². The predicted molar refractivity (Wildman–Crippen MR) is 60.0 cm³/mol. The summed E-state index contributed by atoms with van der Waals surface area (Å²) in [5.41, 5.74) is 0. The van der Waals surface area contributed by atoms with Crippen molar-refractivity contribution in [2.75, 3.05) is 10.6 Å². The van der Waals surface area contributed by atoms with Gasteiger partial charge in [-0.25, -0.2) is 4.98 Å². The van der Waals surface area contributed by atoms with Gasteiger partial charge in [-0.1, -0.05) is 11.6 Å². The molecule has 2 amide bonds. The van der Waals surface area contributed by atoms with Gasteiger partial charge in [0.05, 0.1) is 0 Å². The molecule has 1 aromatic heterocycles. The Kier molecular flexibility index (Phi) is 6.08. The number of alkyl halides is 6. The molecule has 0 saturated heterocycles. The number of nitrogens with one attached hydrogen (secondary N) is 2. The summed E-state index contributed by atoms with van der Waals surface area (Å²) in [6.07, 6.45) is -10.5. The van der Waals surface area contributed by atoms with Crippen LogP contribution in [0.3, 0.4) is 0 Å². The van der Waals surface area contributed by atoms with Crippen LogP contribution in [0.25, 0.3) is 0 Å². The molecule has 1 aromatic rings. The quantitative estimate of drug-likeness (QED) is 0.615. The molecule has 1 rings (SSSR count). The second kappa shape index (κ2) is 6.74. The summed E-state index contributed by atoms with van der Waals surface area (Å²) in [6, 6.07) is 0.647. The van der Waals surface area contributed by atoms with Gasteiger partial charge in [0.25, 0.3) is 0 Å². The number of aromatic nitrogens is 2. The average Bonchev–Trinajstić information content (AvgIpc) is 2.25. The first-order valence-corrected chi connectivity index (χ1v) is 5.08. The molecule has 0 radical (unpaired) electrons. The number of hydrogen-bond donors (Lipinski definition) is 2. The fourth-order valence-corrected chi connectivity index (χ4v) is 1.08. The van der Waals surface area contributed by atoms with Gasteiger partial charge in [-0.05, 0) is 0 Å². The second-order valence-corrected chi connectivity index (χ2v) is 3.69. The van der Waals surface area contributed by atoms with E-state index in [4.69, 9.17) is 11.6 Å². The molecule has 0 bridgehead atoms. The number of amides is 2. The first-order chi connectivity index (χ1) is 9.39. The highest BCUT2D eigenvalue weighted by molar-refractivity contribution is 6.29. The molecule has 0 spiro atoms. The molecule has 124 valence electrons. The van der Waals surface area contributed by atoms with Crippen LogP contribution in [-0.2, 0) is 9.59 Å². The molecular formula is C8H5ClF6N4O3. The van der Waals surface area contributed by atoms with Crippen molar-refractivity contribution in [3.8, 4) is 0 Å². The number of rotatable bonds is 2. The number of carbonyl (C=O) groups excluding carboxylic acids is 2. The smallest absolute Gasteiger partial charge is 0.412 e. The summed E-state index contributed by atoms with van der Waals surface area (Å²) in [6.45, 7) is 0. The van der Waals surface area contributed by atoms with E-state index in [1.54, 1.807) is 0 Å². The van der Waals surface area contributed by atoms with Gasteiger partial charge in [-0.15, -0.1) is 0 Å². The van der Waals surface area contributed by atoms with Gasteiger partial charge in [-0.2, -0.15) is 31.3 Å². The SMILES string of the molecule is O.O=C(Nc1cc(Cl)nc(NC(=O)C(F)(F)F)n1)C(F)(F)F. The van der Waals surface area contributed by atoms with Crippen molar-refractivity contribution in [2.45, 2.75) is 12.4 Å². The normalized spacial score (nSPS) is 11.4. The Bertz CT molecular complexity index is 530. The maximum Gasteiger partial charge on any atom is 0.471 e. The maximum atomic E-state index is 12.0. The summed E-state index contributed by atoms with van der Waals surface area (Å²) in [7, 11) is 0. The van der Waals surface area contributed by atoms with Crippen LogP contribution in [0.15, 0.2) is 6.07 Å². The highest BCUT2D eigenvalue weighted by Crippen LogP contribution is 2.21. The van der Waals surface area contributed by atoms with E-state index in [2.05, 4.69) is 9.97 Å². The third-order valence-electron chi connectivity index (χ3n) is 1.68. The van der Waals surface area contributed by atoms with Gasteiger partial charge in [0.1, 0.15) is 11.0 Å². The van der Waals surface area contributed by atoms with Crippen LogP contribution in [-0.4, -0.2) is 39.6 Å². The number of carbonyl (C=O) groups is 2. The molecule has 0 aliphatic carbocycles. The van der Waals surface area contributed by atoms with Crippen molar-refractivity contribution in [2.24, 2.45) is 0 Å². The van der Waals surface area contributed by atoms with E-state index in [-0.39, 0.29) is 5.48 Å². The zero-order valence-electron chi connectivity index (χ0n) is 9.93. The monoisotopic (exact) mass is 354 g/mol. The van der Waals surface area contributed by atoms with E-state index in [1.165, 1.54) is 10.6 Å². The number of nitrogens with zero attached hydrogens (tertiary/aromatic N) is 2. The molecule has 14 heteroatoms. The fourth-order valence-electron chi connectivity index (χ4n) is 0.897. The van der Waals surface area contributed by atoms with Crippen molar-refractivity contribution in [3.05, 3.63) is 11.2 Å². The molecule has 0 atom stereocenters. The molecule has 0 aliphatic rings. The fraction of sp³-hybridized carbons (Fsp3) is 0.250. The van der Waals surface area contributed by atoms with Crippen molar-refractivity contribution >= 4 is 35.2 Å². The molecule has 0 fully saturated rings. The lowest BCUT2D eigenvalue weighted by atomic mass is 10.5. The zero-order valence-corrected chi connectivity index (χ0v) is 10.7. The van der Waals surface area contributed by atoms with Crippen molar-refractivity contribution in [1.29, 1.82) is 0 Å². The third-order valence-corrected chi connectivity index (χ3v) is 1.87. The molecule has 0 aromatic carbocycles. The number of halogens is 7. The molecule has 0 aliphatic heterocycles. The minimum atomic E-state index is -5.26. The first-order valence-electron chi connectivity index (χ1n) is 4.70. The molecule has 1 heterocycles. The van der Waals surface area contributed by atoms with Gasteiger partial charge in [0, 0.05) is 6.07 Å². The highest BCUT2D eigenvalue weighted by atomic mass is 35.5. The van der Waals surface area contributed by atoms with Crippen LogP contribution in [0.1, 0.15) is 0 Å². The lowest BCUT2D eigenvalue weighted by molar-refractivity contribution is -0.167. The van der Waals surface area contributed by atoms with Gasteiger partial charge in [-0.3, -0.25) is 14.9 Å². The van der Waals surface area contributed by atoms with Crippen molar-refractivity contribution < 1.29 is 41.4 Å². The first kappa shape index (κ1) is 19.9. The lowest BCUT2D eigenvalue weighted by Crippen LogP contribution is -2.32. The maximum absolute atomic E-state index is 12.0. The number of hydrogen-bond acceptors (Lipinski definition) is 4. The Hall–Kier alpha value is -2.15. The molecular weight excluding hydrogens is 350 g/mol. The Morgan fingerprint density at radius 3 is 1.86 bits per heavy atom. The van der Waals surface area contributed by atoms with Crippen LogP contribution in [0.2, 0.25) is 5.15 Å². The molecule has 22 heavy (non-hydrogen) atoms. The zero-order chi connectivity index (χ0) is 16.4. The van der Waals surface area contributed by atoms with E-state index in [9.17, 15) is 35.9 Å². The van der Waals surface area contributed by atoms with Crippen LogP contribution >= 0.6 is 11.6 Å². The van der Waals surface area contributed by atoms with E-state index in [1.807, 2.05) is 0 Å². The van der Waals surface area contributed by atoms with Crippen LogP contribution in [0.4, 0.5) is 38.1 Å². The van der Waals surface area contributed by atoms with Crippen LogP contribution in [0.5, 0.6) is 0 Å². The second-order valence-electron chi connectivity index (χ2n) is 3.30. The van der Waals surface area contributed by atoms with Crippen molar-refractivity contribution in [3.63, 3.8) is 0 Å². The Labute approximate surface area is 122 Å². The number of anilines is 2. The van der Waals surface area contributed by atoms with E-state index < -0.39 is 41.1 Å². The minimum absolute atomic E-state index is 0. The molecule has 4 N–H and O–H groups in total. The summed E-state index contributed by atoms with van der Waals surface area (Å²) in [5.74, 6) is -6.75. The summed E-state index contributed by atoms with van der Waals surface area (Å²) >= 11 is 5.33. The van der Waals surface area contributed by atoms with E-state index in [0.717, 1.165) is 0 Å². The minimum Gasteiger partial charge on any atom is -0.412 e. The van der Waals surface area contributed by atoms with E-state index in [0.29, 0.717) is 6.07 Å². The average molecular weight is 355 g/mol. The topological polar surface area (TPSA) is 115 Å². The van der Waals surface area contributed by atoms with Gasteiger partial charge in [0.2, 0.25) is 5.95 Å². The Morgan fingerprint density at radius 1 is 0.955 bits per heavy atom. The van der Waals surface area contributed by atoms with Crippen LogP contribution < -0.4 is 10.6 Å². The molecule has 0 unspecified atom stereocenters.